The van der Waals surface area contributed by atoms with Crippen LogP contribution >= 0.6 is 0 Å². The molecule has 0 spiro atoms. The Bertz CT molecular complexity index is 743. The van der Waals surface area contributed by atoms with Gasteiger partial charge in [-0.05, 0) is 28.8 Å². The number of carbonyl (C=O) groups is 1. The zero-order chi connectivity index (χ0) is 15.8. The van der Waals surface area contributed by atoms with Gasteiger partial charge in [-0.15, -0.1) is 0 Å². The number of ether oxygens (including phenoxy) is 1. The molecule has 4 rings (SSSR count). The van der Waals surface area contributed by atoms with Crippen LogP contribution in [-0.4, -0.2) is 43.2 Å². The number of benzene rings is 2. The second kappa shape index (κ2) is 5.95. The van der Waals surface area contributed by atoms with Gasteiger partial charge in [0, 0.05) is 19.6 Å². The molecule has 4 heteroatoms. The third kappa shape index (κ3) is 2.84. The molecule has 120 valence electrons. The Morgan fingerprint density at radius 1 is 1.13 bits per heavy atom. The van der Waals surface area contributed by atoms with Crippen molar-refractivity contribution in [1.82, 2.24) is 10.2 Å². The fraction of sp³-hybridized carbons (Fsp3) is 0.421. The van der Waals surface area contributed by atoms with E-state index in [4.69, 9.17) is 4.74 Å². The molecule has 1 amide bonds. The molecule has 0 saturated carbocycles. The molecular formula is C19H22N2O2. The van der Waals surface area contributed by atoms with Crippen LogP contribution in [0.5, 0.6) is 0 Å². The van der Waals surface area contributed by atoms with E-state index in [0.717, 1.165) is 19.6 Å². The van der Waals surface area contributed by atoms with Gasteiger partial charge in [0.2, 0.25) is 5.91 Å². The van der Waals surface area contributed by atoms with Crippen molar-refractivity contribution >= 4 is 16.7 Å². The van der Waals surface area contributed by atoms with E-state index in [-0.39, 0.29) is 17.9 Å². The quantitative estimate of drug-likeness (QED) is 0.923. The highest BCUT2D eigenvalue weighted by molar-refractivity contribution is 5.88. The second-order valence-corrected chi connectivity index (χ2v) is 6.72. The van der Waals surface area contributed by atoms with Crippen LogP contribution in [0.15, 0.2) is 36.4 Å². The van der Waals surface area contributed by atoms with Crippen molar-refractivity contribution in [2.24, 2.45) is 5.92 Å². The number of aryl methyl sites for hydroxylation is 1. The summed E-state index contributed by atoms with van der Waals surface area (Å²) in [5.41, 5.74) is 2.64. The highest BCUT2D eigenvalue weighted by Crippen LogP contribution is 2.24. The molecule has 2 aromatic carbocycles. The number of rotatable bonds is 2. The van der Waals surface area contributed by atoms with Crippen LogP contribution in [0.25, 0.3) is 10.8 Å². The average molecular weight is 310 g/mol. The molecule has 2 bridgehead atoms. The summed E-state index contributed by atoms with van der Waals surface area (Å²) < 4.78 is 5.61. The Morgan fingerprint density at radius 3 is 2.87 bits per heavy atom. The molecule has 2 atom stereocenters. The Balaban J connectivity index is 1.63. The van der Waals surface area contributed by atoms with Crippen molar-refractivity contribution in [3.05, 3.63) is 47.5 Å². The predicted molar refractivity (Wildman–Crippen MR) is 90.2 cm³/mol. The van der Waals surface area contributed by atoms with Gasteiger partial charge >= 0.3 is 0 Å². The number of carbonyl (C=O) groups excluding carboxylic acids is 1. The molecule has 0 radical (unpaired) electrons. The first-order chi connectivity index (χ1) is 11.2. The molecule has 0 aromatic heterocycles. The Hall–Kier alpha value is -1.91. The van der Waals surface area contributed by atoms with Crippen molar-refractivity contribution in [2.45, 2.75) is 19.5 Å². The number of nitrogens with one attached hydrogen (secondary N) is 1. The van der Waals surface area contributed by atoms with Gasteiger partial charge < -0.3 is 10.1 Å². The van der Waals surface area contributed by atoms with Crippen molar-refractivity contribution < 1.29 is 9.53 Å². The number of hydrogen-bond acceptors (Lipinski definition) is 3. The maximum atomic E-state index is 12.1. The molecule has 2 fully saturated rings. The molecule has 2 aromatic rings. The Morgan fingerprint density at radius 2 is 1.96 bits per heavy atom. The summed E-state index contributed by atoms with van der Waals surface area (Å²) in [7, 11) is 0. The van der Waals surface area contributed by atoms with E-state index in [2.05, 4.69) is 53.5 Å². The fourth-order valence-corrected chi connectivity index (χ4v) is 3.76. The number of amides is 1. The lowest BCUT2D eigenvalue weighted by molar-refractivity contribution is -0.125. The minimum Gasteiger partial charge on any atom is -0.378 e. The van der Waals surface area contributed by atoms with E-state index >= 15 is 0 Å². The van der Waals surface area contributed by atoms with Gasteiger partial charge in [-0.25, -0.2) is 0 Å². The second-order valence-electron chi connectivity index (χ2n) is 6.72. The van der Waals surface area contributed by atoms with E-state index in [0.29, 0.717) is 13.2 Å². The molecule has 1 N–H and O–H groups in total. The summed E-state index contributed by atoms with van der Waals surface area (Å²) >= 11 is 0. The fourth-order valence-electron chi connectivity index (χ4n) is 3.76. The minimum absolute atomic E-state index is 0.0563. The third-order valence-electron chi connectivity index (χ3n) is 4.94. The van der Waals surface area contributed by atoms with Crippen LogP contribution in [0.2, 0.25) is 0 Å². The topological polar surface area (TPSA) is 41.6 Å². The SMILES string of the molecule is Cc1cccc2c(CN3C[C@H]4COC[C@@H](C3)C(=O)N4)cccc12. The van der Waals surface area contributed by atoms with Gasteiger partial charge in [0.05, 0.1) is 25.2 Å². The van der Waals surface area contributed by atoms with E-state index in [1.54, 1.807) is 0 Å². The van der Waals surface area contributed by atoms with Crippen LogP contribution in [0.1, 0.15) is 11.1 Å². The normalized spacial score (nSPS) is 25.2. The predicted octanol–water partition coefficient (Wildman–Crippen LogP) is 2.10. The lowest BCUT2D eigenvalue weighted by atomic mass is 10.00. The maximum Gasteiger partial charge on any atom is 0.227 e. The zero-order valence-corrected chi connectivity index (χ0v) is 13.4. The van der Waals surface area contributed by atoms with Crippen LogP contribution in [-0.2, 0) is 16.1 Å². The lowest BCUT2D eigenvalue weighted by Gasteiger charge is -2.28. The van der Waals surface area contributed by atoms with E-state index in [1.165, 1.54) is 21.9 Å². The lowest BCUT2D eigenvalue weighted by Crippen LogP contribution is -2.41. The third-order valence-corrected chi connectivity index (χ3v) is 4.94. The van der Waals surface area contributed by atoms with Crippen molar-refractivity contribution in [3.8, 4) is 0 Å². The number of fused-ring (bicyclic) bond motifs is 4. The number of hydrogen-bond donors (Lipinski definition) is 1. The van der Waals surface area contributed by atoms with Gasteiger partial charge in [-0.1, -0.05) is 36.4 Å². The molecule has 2 saturated heterocycles. The van der Waals surface area contributed by atoms with Crippen molar-refractivity contribution in [2.75, 3.05) is 26.3 Å². The maximum absolute atomic E-state index is 12.1. The standard InChI is InChI=1S/C19H22N2O2/c1-13-4-2-7-18-14(5-3-6-17(13)18)8-21-9-15-11-23-12-16(10-21)20-19(15)22/h2-7,15-16H,8-12H2,1H3,(H,20,22)/t15-,16+/m1/s1. The van der Waals surface area contributed by atoms with Crippen LogP contribution in [0.4, 0.5) is 0 Å². The smallest absolute Gasteiger partial charge is 0.227 e. The molecule has 2 aliphatic rings. The zero-order valence-electron chi connectivity index (χ0n) is 13.4. The molecule has 2 aliphatic heterocycles. The van der Waals surface area contributed by atoms with E-state index in [1.807, 2.05) is 0 Å². The van der Waals surface area contributed by atoms with Crippen LogP contribution in [0.3, 0.4) is 0 Å². The molecule has 2 heterocycles. The first-order valence-electron chi connectivity index (χ1n) is 8.28. The van der Waals surface area contributed by atoms with Crippen molar-refractivity contribution in [3.63, 3.8) is 0 Å². The molecule has 0 unspecified atom stereocenters. The van der Waals surface area contributed by atoms with E-state index < -0.39 is 0 Å². The summed E-state index contributed by atoms with van der Waals surface area (Å²) in [5.74, 6) is 0.0861. The summed E-state index contributed by atoms with van der Waals surface area (Å²) in [6.45, 7) is 5.81. The first kappa shape index (κ1) is 14.7. The largest absolute Gasteiger partial charge is 0.378 e. The summed E-state index contributed by atoms with van der Waals surface area (Å²) in [5, 5.41) is 5.73. The molecule has 23 heavy (non-hydrogen) atoms. The highest BCUT2D eigenvalue weighted by atomic mass is 16.5. The molecular weight excluding hydrogens is 288 g/mol. The average Bonchev–Trinajstić information content (AvgIpc) is 2.77. The van der Waals surface area contributed by atoms with Gasteiger partial charge in [0.15, 0.2) is 0 Å². The van der Waals surface area contributed by atoms with E-state index in [9.17, 15) is 4.79 Å². The van der Waals surface area contributed by atoms with Crippen LogP contribution < -0.4 is 5.32 Å². The summed E-state index contributed by atoms with van der Waals surface area (Å²) in [4.78, 5) is 14.5. The van der Waals surface area contributed by atoms with Gasteiger partial charge in [0.1, 0.15) is 0 Å². The Kier molecular flexibility index (Phi) is 3.79. The van der Waals surface area contributed by atoms with Gasteiger partial charge in [-0.3, -0.25) is 9.69 Å². The molecule has 0 aliphatic carbocycles. The summed E-state index contributed by atoms with van der Waals surface area (Å²) in [6.07, 6.45) is 0. The Labute approximate surface area is 136 Å². The summed E-state index contributed by atoms with van der Waals surface area (Å²) in [6, 6.07) is 13.1. The number of nitrogens with zero attached hydrogens (tertiary/aromatic N) is 1. The van der Waals surface area contributed by atoms with Gasteiger partial charge in [-0.2, -0.15) is 0 Å². The monoisotopic (exact) mass is 310 g/mol. The van der Waals surface area contributed by atoms with Crippen molar-refractivity contribution in [1.29, 1.82) is 0 Å². The minimum atomic E-state index is -0.0563. The molecule has 4 nitrogen and oxygen atoms in total. The highest BCUT2D eigenvalue weighted by Gasteiger charge is 2.33. The first-order valence-corrected chi connectivity index (χ1v) is 8.28. The van der Waals surface area contributed by atoms with Gasteiger partial charge in [0.25, 0.3) is 0 Å². The van der Waals surface area contributed by atoms with Crippen LogP contribution in [0, 0.1) is 12.8 Å².